The zero-order valence-electron chi connectivity index (χ0n) is 10.6. The van der Waals surface area contributed by atoms with Gasteiger partial charge in [-0.2, -0.15) is 0 Å². The van der Waals surface area contributed by atoms with Gasteiger partial charge in [-0.25, -0.2) is 9.48 Å². The molecule has 2 N–H and O–H groups in total. The highest BCUT2D eigenvalue weighted by Crippen LogP contribution is 2.25. The van der Waals surface area contributed by atoms with E-state index >= 15 is 0 Å². The third-order valence-electron chi connectivity index (χ3n) is 2.98. The molecular formula is C11H18N4O3. The Morgan fingerprint density at radius 1 is 1.72 bits per heavy atom. The van der Waals surface area contributed by atoms with Gasteiger partial charge in [-0.3, -0.25) is 0 Å². The van der Waals surface area contributed by atoms with E-state index in [1.807, 2.05) is 0 Å². The van der Waals surface area contributed by atoms with Crippen molar-refractivity contribution in [1.82, 2.24) is 20.3 Å². The summed E-state index contributed by atoms with van der Waals surface area (Å²) in [6, 6.07) is 0.0489. The second-order valence-corrected chi connectivity index (χ2v) is 4.49. The number of methoxy groups -OCH3 is 1. The quantitative estimate of drug-likeness (QED) is 0.728. The van der Waals surface area contributed by atoms with Gasteiger partial charge in [0.1, 0.15) is 0 Å². The van der Waals surface area contributed by atoms with Gasteiger partial charge >= 0.3 is 5.97 Å². The lowest BCUT2D eigenvalue weighted by molar-refractivity contribution is 0.0591. The summed E-state index contributed by atoms with van der Waals surface area (Å²) in [4.78, 5) is 11.7. The van der Waals surface area contributed by atoms with Gasteiger partial charge < -0.3 is 15.2 Å². The van der Waals surface area contributed by atoms with E-state index in [0.29, 0.717) is 12.2 Å². The largest absolute Gasteiger partial charge is 0.464 e. The predicted octanol–water partition coefficient (Wildman–Crippen LogP) is -0.130. The van der Waals surface area contributed by atoms with E-state index in [-0.39, 0.29) is 11.7 Å². The summed E-state index contributed by atoms with van der Waals surface area (Å²) in [5.74, 6) is -0.490. The van der Waals surface area contributed by atoms with Gasteiger partial charge in [-0.1, -0.05) is 5.21 Å². The van der Waals surface area contributed by atoms with E-state index in [1.165, 1.54) is 7.11 Å². The molecule has 0 bridgehead atoms. The topological polar surface area (TPSA) is 89.3 Å². The molecule has 0 spiro atoms. The zero-order valence-corrected chi connectivity index (χ0v) is 10.6. The number of aromatic nitrogens is 3. The molecular weight excluding hydrogens is 236 g/mol. The van der Waals surface area contributed by atoms with Crippen LogP contribution >= 0.6 is 0 Å². The Balaban J connectivity index is 2.35. The standard InChI is InChI=1S/C11H18N4O3/c1-7(16)6-15-10(8-4-3-5-12-8)9(13-14-15)11(17)18-2/h7-8,12,16H,3-6H2,1-2H3. The number of rotatable bonds is 4. The predicted molar refractivity (Wildman–Crippen MR) is 63.0 cm³/mol. The molecule has 1 saturated heterocycles. The second-order valence-electron chi connectivity index (χ2n) is 4.49. The van der Waals surface area contributed by atoms with Crippen LogP contribution in [0.5, 0.6) is 0 Å². The number of carbonyl (C=O) groups excluding carboxylic acids is 1. The highest BCUT2D eigenvalue weighted by atomic mass is 16.5. The Morgan fingerprint density at radius 3 is 3.06 bits per heavy atom. The van der Waals surface area contributed by atoms with Crippen LogP contribution < -0.4 is 5.32 Å². The molecule has 2 atom stereocenters. The van der Waals surface area contributed by atoms with Crippen molar-refractivity contribution >= 4 is 5.97 Å². The SMILES string of the molecule is COC(=O)c1nnn(CC(C)O)c1C1CCCN1. The highest BCUT2D eigenvalue weighted by Gasteiger charge is 2.29. The van der Waals surface area contributed by atoms with Crippen molar-refractivity contribution in [3.63, 3.8) is 0 Å². The molecule has 7 heteroatoms. The Labute approximate surface area is 105 Å². The van der Waals surface area contributed by atoms with Gasteiger partial charge in [0.05, 0.1) is 31.5 Å². The number of nitrogens with one attached hydrogen (secondary N) is 1. The molecule has 2 heterocycles. The van der Waals surface area contributed by atoms with E-state index in [9.17, 15) is 9.90 Å². The van der Waals surface area contributed by atoms with Crippen LogP contribution in [0.15, 0.2) is 0 Å². The molecule has 2 unspecified atom stereocenters. The molecule has 1 aliphatic rings. The van der Waals surface area contributed by atoms with Crippen LogP contribution in [0.4, 0.5) is 0 Å². The summed E-state index contributed by atoms with van der Waals surface area (Å²) >= 11 is 0. The van der Waals surface area contributed by atoms with Crippen LogP contribution in [-0.4, -0.2) is 45.8 Å². The number of aliphatic hydroxyl groups excluding tert-OH is 1. The minimum absolute atomic E-state index is 0.0489. The van der Waals surface area contributed by atoms with Crippen LogP contribution in [0, 0.1) is 0 Å². The molecule has 0 radical (unpaired) electrons. The van der Waals surface area contributed by atoms with Crippen molar-refractivity contribution < 1.29 is 14.6 Å². The van der Waals surface area contributed by atoms with E-state index in [1.54, 1.807) is 11.6 Å². The molecule has 0 aliphatic carbocycles. The van der Waals surface area contributed by atoms with Crippen molar-refractivity contribution in [3.05, 3.63) is 11.4 Å². The first-order chi connectivity index (χ1) is 8.63. The number of hydrogen-bond acceptors (Lipinski definition) is 6. The second kappa shape index (κ2) is 5.45. The Morgan fingerprint density at radius 2 is 2.50 bits per heavy atom. The van der Waals surface area contributed by atoms with Crippen LogP contribution in [0.2, 0.25) is 0 Å². The van der Waals surface area contributed by atoms with E-state index < -0.39 is 12.1 Å². The number of carbonyl (C=O) groups is 1. The normalized spacial score (nSPS) is 20.9. The Kier molecular flexibility index (Phi) is 3.93. The monoisotopic (exact) mass is 254 g/mol. The van der Waals surface area contributed by atoms with Crippen molar-refractivity contribution in [2.75, 3.05) is 13.7 Å². The molecule has 2 rings (SSSR count). The molecule has 0 amide bonds. The van der Waals surface area contributed by atoms with Crippen molar-refractivity contribution in [2.45, 2.75) is 38.5 Å². The molecule has 7 nitrogen and oxygen atoms in total. The van der Waals surface area contributed by atoms with Crippen molar-refractivity contribution in [2.24, 2.45) is 0 Å². The molecule has 1 aliphatic heterocycles. The van der Waals surface area contributed by atoms with Crippen LogP contribution in [-0.2, 0) is 11.3 Å². The van der Waals surface area contributed by atoms with Crippen molar-refractivity contribution in [3.8, 4) is 0 Å². The summed E-state index contributed by atoms with van der Waals surface area (Å²) in [7, 11) is 1.32. The van der Waals surface area contributed by atoms with Gasteiger partial charge in [-0.15, -0.1) is 5.10 Å². The summed E-state index contributed by atoms with van der Waals surface area (Å²) < 4.78 is 6.29. The average molecular weight is 254 g/mol. The smallest absolute Gasteiger partial charge is 0.360 e. The van der Waals surface area contributed by atoms with Gasteiger partial charge in [-0.05, 0) is 26.3 Å². The lowest BCUT2D eigenvalue weighted by Crippen LogP contribution is -2.23. The number of ether oxygens (including phenoxy) is 1. The molecule has 1 aromatic heterocycles. The van der Waals surface area contributed by atoms with Crippen molar-refractivity contribution in [1.29, 1.82) is 0 Å². The molecule has 1 aromatic rings. The summed E-state index contributed by atoms with van der Waals surface area (Å²) in [6.45, 7) is 2.90. The fourth-order valence-electron chi connectivity index (χ4n) is 2.21. The van der Waals surface area contributed by atoms with Gasteiger partial charge in [0.25, 0.3) is 0 Å². The lowest BCUT2D eigenvalue weighted by Gasteiger charge is -2.14. The third-order valence-corrected chi connectivity index (χ3v) is 2.98. The number of nitrogens with zero attached hydrogens (tertiary/aromatic N) is 3. The third kappa shape index (κ3) is 2.51. The maximum atomic E-state index is 11.7. The van der Waals surface area contributed by atoms with E-state index in [0.717, 1.165) is 19.4 Å². The minimum atomic E-state index is -0.544. The number of hydrogen-bond donors (Lipinski definition) is 2. The summed E-state index contributed by atoms with van der Waals surface area (Å²) in [5.41, 5.74) is 0.942. The van der Waals surface area contributed by atoms with Gasteiger partial charge in [0, 0.05) is 0 Å². The molecule has 0 saturated carbocycles. The number of esters is 1. The summed E-state index contributed by atoms with van der Waals surface area (Å²) in [5, 5.41) is 20.6. The van der Waals surface area contributed by atoms with E-state index in [2.05, 4.69) is 15.6 Å². The van der Waals surface area contributed by atoms with E-state index in [4.69, 9.17) is 4.74 Å². The first-order valence-electron chi connectivity index (χ1n) is 6.06. The molecule has 0 aromatic carbocycles. The summed E-state index contributed by atoms with van der Waals surface area (Å²) in [6.07, 6.45) is 1.43. The minimum Gasteiger partial charge on any atom is -0.464 e. The number of aliphatic hydroxyl groups is 1. The average Bonchev–Trinajstić information content (AvgIpc) is 2.95. The van der Waals surface area contributed by atoms with Gasteiger partial charge in [0.2, 0.25) is 0 Å². The Bertz CT molecular complexity index is 424. The maximum absolute atomic E-state index is 11.7. The molecule has 1 fully saturated rings. The fourth-order valence-corrected chi connectivity index (χ4v) is 2.21. The molecule has 100 valence electrons. The Hall–Kier alpha value is -1.47. The first kappa shape index (κ1) is 13.0. The molecule has 18 heavy (non-hydrogen) atoms. The van der Waals surface area contributed by atoms with Crippen LogP contribution in [0.3, 0.4) is 0 Å². The zero-order chi connectivity index (χ0) is 13.1. The van der Waals surface area contributed by atoms with Gasteiger partial charge in [0.15, 0.2) is 5.69 Å². The van der Waals surface area contributed by atoms with Crippen LogP contribution in [0.1, 0.15) is 42.0 Å². The fraction of sp³-hybridized carbons (Fsp3) is 0.727. The first-order valence-corrected chi connectivity index (χ1v) is 6.06. The highest BCUT2D eigenvalue weighted by molar-refractivity contribution is 5.88. The lowest BCUT2D eigenvalue weighted by atomic mass is 10.1. The maximum Gasteiger partial charge on any atom is 0.360 e. The van der Waals surface area contributed by atoms with Crippen LogP contribution in [0.25, 0.3) is 0 Å².